The van der Waals surface area contributed by atoms with Gasteiger partial charge in [-0.2, -0.15) is 23.5 Å². The average Bonchev–Trinajstić information content (AvgIpc) is 1.97. The zero-order chi connectivity index (χ0) is 7.66. The van der Waals surface area contributed by atoms with Gasteiger partial charge in [-0.25, -0.2) is 0 Å². The maximum atomic E-state index is 2.26. The van der Waals surface area contributed by atoms with Crippen molar-refractivity contribution in [1.29, 1.82) is 0 Å². The van der Waals surface area contributed by atoms with E-state index in [0.717, 1.165) is 0 Å². The van der Waals surface area contributed by atoms with E-state index < -0.39 is 0 Å². The fourth-order valence-corrected chi connectivity index (χ4v) is 1.52. The van der Waals surface area contributed by atoms with Crippen LogP contribution in [0, 0.1) is 0 Å². The van der Waals surface area contributed by atoms with E-state index in [9.17, 15) is 0 Å². The summed E-state index contributed by atoms with van der Waals surface area (Å²) in [5.41, 5.74) is 0. The molecule has 0 heterocycles. The highest BCUT2D eigenvalue weighted by Crippen LogP contribution is 2.01. The first kappa shape index (κ1) is 10.4. The molecule has 10 heavy (non-hydrogen) atoms. The van der Waals surface area contributed by atoms with Gasteiger partial charge in [-0.15, -0.1) is 0 Å². The van der Waals surface area contributed by atoms with Gasteiger partial charge in [-0.1, -0.05) is 26.0 Å². The van der Waals surface area contributed by atoms with Gasteiger partial charge in [0.05, 0.1) is 0 Å². The van der Waals surface area contributed by atoms with Crippen LogP contribution in [0.3, 0.4) is 0 Å². The molecular weight excluding hydrogens is 160 g/mol. The smallest absolute Gasteiger partial charge is 0.0113 e. The van der Waals surface area contributed by atoms with E-state index in [-0.39, 0.29) is 0 Å². The monoisotopic (exact) mass is 176 g/mol. The van der Waals surface area contributed by atoms with E-state index in [4.69, 9.17) is 0 Å². The fourth-order valence-electron chi connectivity index (χ4n) is 0.508. The Balaban J connectivity index is 2.89. The highest BCUT2D eigenvalue weighted by atomic mass is 32.2. The molecule has 0 atom stereocenters. The average molecular weight is 176 g/mol. The van der Waals surface area contributed by atoms with E-state index in [1.54, 1.807) is 0 Å². The van der Waals surface area contributed by atoms with Gasteiger partial charge in [0.25, 0.3) is 0 Å². The van der Waals surface area contributed by atoms with E-state index in [1.165, 1.54) is 23.0 Å². The Labute approximate surface area is 72.9 Å². The van der Waals surface area contributed by atoms with Gasteiger partial charge in [0.1, 0.15) is 0 Å². The van der Waals surface area contributed by atoms with Crippen molar-refractivity contribution in [2.24, 2.45) is 0 Å². The Morgan fingerprint density at radius 2 is 1.30 bits per heavy atom. The summed E-state index contributed by atoms with van der Waals surface area (Å²) in [4.78, 5) is 0. The minimum Gasteiger partial charge on any atom is -0.158 e. The van der Waals surface area contributed by atoms with Crippen molar-refractivity contribution in [1.82, 2.24) is 0 Å². The first-order valence-corrected chi connectivity index (χ1v) is 6.03. The van der Waals surface area contributed by atoms with Gasteiger partial charge in [-0.3, -0.25) is 0 Å². The molecule has 0 aliphatic rings. The van der Waals surface area contributed by atoms with Crippen LogP contribution in [0.5, 0.6) is 0 Å². The van der Waals surface area contributed by atoms with Crippen molar-refractivity contribution in [3.05, 3.63) is 12.2 Å². The number of hydrogen-bond donors (Lipinski definition) is 0. The molecule has 0 spiro atoms. The summed E-state index contributed by atoms with van der Waals surface area (Å²) >= 11 is 3.94. The lowest BCUT2D eigenvalue weighted by molar-refractivity contribution is 1.50. The predicted molar refractivity (Wildman–Crippen MR) is 55.1 cm³/mol. The SMILES string of the molecule is CCSCC=CCSCC. The van der Waals surface area contributed by atoms with Crippen LogP contribution >= 0.6 is 23.5 Å². The molecule has 0 aliphatic carbocycles. The molecule has 60 valence electrons. The summed E-state index contributed by atoms with van der Waals surface area (Å²) in [5, 5.41) is 0. The molecule has 0 saturated carbocycles. The molecular formula is C8H16S2. The van der Waals surface area contributed by atoms with Crippen LogP contribution in [-0.4, -0.2) is 23.0 Å². The van der Waals surface area contributed by atoms with Crippen molar-refractivity contribution in [2.45, 2.75) is 13.8 Å². The van der Waals surface area contributed by atoms with Crippen molar-refractivity contribution in [3.8, 4) is 0 Å². The van der Waals surface area contributed by atoms with Crippen molar-refractivity contribution >= 4 is 23.5 Å². The van der Waals surface area contributed by atoms with Crippen LogP contribution in [0.2, 0.25) is 0 Å². The van der Waals surface area contributed by atoms with Gasteiger partial charge >= 0.3 is 0 Å². The second kappa shape index (κ2) is 9.44. The summed E-state index contributed by atoms with van der Waals surface area (Å²) in [6.07, 6.45) is 4.52. The largest absolute Gasteiger partial charge is 0.158 e. The molecule has 0 aliphatic heterocycles. The van der Waals surface area contributed by atoms with Crippen molar-refractivity contribution in [3.63, 3.8) is 0 Å². The molecule has 0 aromatic carbocycles. The first-order valence-electron chi connectivity index (χ1n) is 3.72. The predicted octanol–water partition coefficient (Wildman–Crippen LogP) is 3.05. The van der Waals surface area contributed by atoms with Gasteiger partial charge in [0.15, 0.2) is 0 Å². The molecule has 0 rings (SSSR count). The van der Waals surface area contributed by atoms with Gasteiger partial charge < -0.3 is 0 Å². The van der Waals surface area contributed by atoms with E-state index >= 15 is 0 Å². The topological polar surface area (TPSA) is 0 Å². The lowest BCUT2D eigenvalue weighted by Crippen LogP contribution is -1.75. The van der Waals surface area contributed by atoms with Crippen molar-refractivity contribution in [2.75, 3.05) is 23.0 Å². The first-order chi connectivity index (χ1) is 4.91. The third-order valence-electron chi connectivity index (χ3n) is 1.00. The van der Waals surface area contributed by atoms with Gasteiger partial charge in [-0.05, 0) is 11.5 Å². The zero-order valence-corrected chi connectivity index (χ0v) is 8.43. The summed E-state index contributed by atoms with van der Waals surface area (Å²) < 4.78 is 0. The van der Waals surface area contributed by atoms with Crippen LogP contribution in [-0.2, 0) is 0 Å². The number of thioether (sulfide) groups is 2. The molecule has 0 nitrogen and oxygen atoms in total. The maximum Gasteiger partial charge on any atom is 0.0113 e. The van der Waals surface area contributed by atoms with E-state index in [1.807, 2.05) is 23.5 Å². The van der Waals surface area contributed by atoms with Crippen LogP contribution in [0.1, 0.15) is 13.8 Å². The molecule has 0 fully saturated rings. The molecule has 0 aromatic rings. The van der Waals surface area contributed by atoms with Crippen molar-refractivity contribution < 1.29 is 0 Å². The normalized spacial score (nSPS) is 11.0. The third-order valence-corrected chi connectivity index (χ3v) is 2.68. The molecule has 0 saturated heterocycles. The summed E-state index contributed by atoms with van der Waals surface area (Å²) in [6, 6.07) is 0. The molecule has 2 heteroatoms. The standard InChI is InChI=1S/C8H16S2/c1-3-9-7-5-6-8-10-4-2/h5-6H,3-4,7-8H2,1-2H3. The molecule has 0 amide bonds. The Morgan fingerprint density at radius 3 is 1.60 bits per heavy atom. The lowest BCUT2D eigenvalue weighted by Gasteiger charge is -1.89. The molecule has 0 bridgehead atoms. The Hall–Kier alpha value is 0.440. The molecule has 0 radical (unpaired) electrons. The minimum atomic E-state index is 1.18. The summed E-state index contributed by atoms with van der Waals surface area (Å²) in [6.45, 7) is 4.39. The summed E-state index contributed by atoms with van der Waals surface area (Å²) in [5.74, 6) is 4.82. The van der Waals surface area contributed by atoms with Crippen LogP contribution in [0.25, 0.3) is 0 Å². The Kier molecular flexibility index (Phi) is 9.86. The number of rotatable bonds is 6. The lowest BCUT2D eigenvalue weighted by atomic mass is 10.6. The Morgan fingerprint density at radius 1 is 0.900 bits per heavy atom. The highest BCUT2D eigenvalue weighted by Gasteiger charge is 1.78. The molecule has 0 unspecified atom stereocenters. The second-order valence-electron chi connectivity index (χ2n) is 1.79. The van der Waals surface area contributed by atoms with Crippen LogP contribution < -0.4 is 0 Å². The fraction of sp³-hybridized carbons (Fsp3) is 0.750. The van der Waals surface area contributed by atoms with Gasteiger partial charge in [0, 0.05) is 11.5 Å². The number of hydrogen-bond acceptors (Lipinski definition) is 2. The van der Waals surface area contributed by atoms with Crippen LogP contribution in [0.4, 0.5) is 0 Å². The van der Waals surface area contributed by atoms with Gasteiger partial charge in [0.2, 0.25) is 0 Å². The zero-order valence-electron chi connectivity index (χ0n) is 6.80. The van der Waals surface area contributed by atoms with E-state index in [0.29, 0.717) is 0 Å². The highest BCUT2D eigenvalue weighted by molar-refractivity contribution is 7.99. The van der Waals surface area contributed by atoms with E-state index in [2.05, 4.69) is 26.0 Å². The minimum absolute atomic E-state index is 1.18. The Bertz CT molecular complexity index is 69.3. The van der Waals surface area contributed by atoms with Crippen LogP contribution in [0.15, 0.2) is 12.2 Å². The second-order valence-corrected chi connectivity index (χ2v) is 4.43. The molecule has 0 N–H and O–H groups in total. The third kappa shape index (κ3) is 8.44. The molecule has 0 aromatic heterocycles. The summed E-state index contributed by atoms with van der Waals surface area (Å²) in [7, 11) is 0. The quantitative estimate of drug-likeness (QED) is 0.451. The maximum absolute atomic E-state index is 2.26.